The standard InChI is InChI=1S/C52H33NOS/c1-3-12-34(13-4-1)36-22-27-40(28-23-36)53(41-29-24-38(25-30-41)43-19-11-20-46-44-18-9-10-21-49(44)55-52(43)46)48-33-39(35-14-5-2-6-15-35)32-47-45-31-26-37-16-7-8-17-42(37)50(45)54-51(47)48/h1-33H. The normalized spacial score (nSPS) is 11.6. The number of fused-ring (bicyclic) bond motifs is 8. The molecule has 258 valence electrons. The van der Waals surface area contributed by atoms with Crippen LogP contribution in [-0.4, -0.2) is 0 Å². The molecule has 0 amide bonds. The summed E-state index contributed by atoms with van der Waals surface area (Å²) in [6.45, 7) is 0. The van der Waals surface area contributed by atoms with E-state index in [2.05, 4.69) is 205 Å². The first-order chi connectivity index (χ1) is 27.3. The van der Waals surface area contributed by atoms with E-state index in [1.807, 2.05) is 11.3 Å². The van der Waals surface area contributed by atoms with Crippen LogP contribution in [0.5, 0.6) is 0 Å². The Hall–Kier alpha value is -6.94. The molecule has 2 nitrogen and oxygen atoms in total. The Morgan fingerprint density at radius 2 is 0.964 bits per heavy atom. The van der Waals surface area contributed by atoms with Gasteiger partial charge in [0.15, 0.2) is 5.58 Å². The lowest BCUT2D eigenvalue weighted by Gasteiger charge is -2.26. The molecule has 0 N–H and O–H groups in total. The van der Waals surface area contributed by atoms with Crippen molar-refractivity contribution in [2.75, 3.05) is 4.90 Å². The predicted octanol–water partition coefficient (Wildman–Crippen LogP) is 15.6. The fourth-order valence-corrected chi connectivity index (χ4v) is 9.41. The number of hydrogen-bond acceptors (Lipinski definition) is 3. The van der Waals surface area contributed by atoms with Crippen molar-refractivity contribution in [3.8, 4) is 33.4 Å². The molecule has 0 bridgehead atoms. The van der Waals surface area contributed by atoms with Gasteiger partial charge in [0.25, 0.3) is 0 Å². The molecule has 0 aliphatic heterocycles. The second-order valence-electron chi connectivity index (χ2n) is 14.1. The first-order valence-corrected chi connectivity index (χ1v) is 19.5. The number of hydrogen-bond donors (Lipinski definition) is 0. The molecule has 0 saturated heterocycles. The fourth-order valence-electron chi connectivity index (χ4n) is 8.18. The molecule has 3 heteroatoms. The third-order valence-electron chi connectivity index (χ3n) is 10.9. The molecule has 0 fully saturated rings. The molecule has 0 saturated carbocycles. The zero-order valence-corrected chi connectivity index (χ0v) is 30.6. The van der Waals surface area contributed by atoms with Gasteiger partial charge in [-0.15, -0.1) is 11.3 Å². The van der Waals surface area contributed by atoms with Gasteiger partial charge in [-0.2, -0.15) is 0 Å². The highest BCUT2D eigenvalue weighted by Crippen LogP contribution is 2.47. The van der Waals surface area contributed by atoms with Crippen molar-refractivity contribution in [1.29, 1.82) is 0 Å². The van der Waals surface area contributed by atoms with Crippen molar-refractivity contribution >= 4 is 81.3 Å². The second-order valence-corrected chi connectivity index (χ2v) is 15.1. The lowest BCUT2D eigenvalue weighted by atomic mass is 9.99. The molecular formula is C52H33NOS. The highest BCUT2D eigenvalue weighted by molar-refractivity contribution is 7.26. The van der Waals surface area contributed by atoms with Crippen LogP contribution in [0.3, 0.4) is 0 Å². The molecule has 55 heavy (non-hydrogen) atoms. The van der Waals surface area contributed by atoms with Gasteiger partial charge in [-0.05, 0) is 87.3 Å². The van der Waals surface area contributed by atoms with E-state index in [0.717, 1.165) is 60.9 Å². The predicted molar refractivity (Wildman–Crippen MR) is 235 cm³/mol. The Labute approximate surface area is 322 Å². The highest BCUT2D eigenvalue weighted by Gasteiger charge is 2.23. The van der Waals surface area contributed by atoms with Crippen LogP contribution in [0.2, 0.25) is 0 Å². The van der Waals surface area contributed by atoms with Gasteiger partial charge in [-0.1, -0.05) is 152 Å². The lowest BCUT2D eigenvalue weighted by molar-refractivity contribution is 0.673. The molecular weight excluding hydrogens is 687 g/mol. The number of furan rings is 1. The average molecular weight is 720 g/mol. The summed E-state index contributed by atoms with van der Waals surface area (Å²) in [5, 5.41) is 7.10. The molecule has 2 aromatic heterocycles. The van der Waals surface area contributed by atoms with E-state index in [9.17, 15) is 0 Å². The van der Waals surface area contributed by atoms with Crippen LogP contribution in [0.25, 0.3) is 86.3 Å². The van der Waals surface area contributed by atoms with Crippen LogP contribution >= 0.6 is 11.3 Å². The third-order valence-corrected chi connectivity index (χ3v) is 12.1. The highest BCUT2D eigenvalue weighted by atomic mass is 32.1. The first kappa shape index (κ1) is 31.6. The van der Waals surface area contributed by atoms with E-state index in [0.29, 0.717) is 0 Å². The summed E-state index contributed by atoms with van der Waals surface area (Å²) in [6.07, 6.45) is 0. The fraction of sp³-hybridized carbons (Fsp3) is 0. The second kappa shape index (κ2) is 12.9. The Balaban J connectivity index is 1.14. The van der Waals surface area contributed by atoms with Crippen LogP contribution in [0, 0.1) is 0 Å². The minimum Gasteiger partial charge on any atom is -0.453 e. The quantitative estimate of drug-likeness (QED) is 0.170. The van der Waals surface area contributed by atoms with Gasteiger partial charge in [0, 0.05) is 47.7 Å². The summed E-state index contributed by atoms with van der Waals surface area (Å²) >= 11 is 1.87. The van der Waals surface area contributed by atoms with Crippen molar-refractivity contribution in [1.82, 2.24) is 0 Å². The lowest BCUT2D eigenvalue weighted by Crippen LogP contribution is -2.10. The third kappa shape index (κ3) is 5.32. The van der Waals surface area contributed by atoms with E-state index in [-0.39, 0.29) is 0 Å². The molecule has 9 aromatic carbocycles. The van der Waals surface area contributed by atoms with Gasteiger partial charge in [-0.25, -0.2) is 0 Å². The number of thiophene rings is 1. The molecule has 11 rings (SSSR count). The summed E-state index contributed by atoms with van der Waals surface area (Å²) in [5.74, 6) is 0. The van der Waals surface area contributed by atoms with Crippen molar-refractivity contribution < 1.29 is 4.42 Å². The van der Waals surface area contributed by atoms with Gasteiger partial charge in [0.05, 0.1) is 5.69 Å². The van der Waals surface area contributed by atoms with E-state index >= 15 is 0 Å². The Bertz CT molecular complexity index is 3180. The van der Waals surface area contributed by atoms with Crippen LogP contribution in [0.15, 0.2) is 205 Å². The molecule has 0 aliphatic carbocycles. The average Bonchev–Trinajstić information content (AvgIpc) is 3.84. The van der Waals surface area contributed by atoms with E-state index in [1.54, 1.807) is 0 Å². The maximum Gasteiger partial charge on any atom is 0.159 e. The van der Waals surface area contributed by atoms with E-state index < -0.39 is 0 Å². The summed E-state index contributed by atoms with van der Waals surface area (Å²) in [5.41, 5.74) is 12.0. The van der Waals surface area contributed by atoms with Crippen molar-refractivity contribution in [2.24, 2.45) is 0 Å². The van der Waals surface area contributed by atoms with E-state index in [1.165, 1.54) is 42.4 Å². The van der Waals surface area contributed by atoms with Gasteiger partial charge in [0.2, 0.25) is 0 Å². The molecule has 0 spiro atoms. The van der Waals surface area contributed by atoms with Crippen molar-refractivity contribution in [2.45, 2.75) is 0 Å². The number of benzene rings is 9. The van der Waals surface area contributed by atoms with Crippen molar-refractivity contribution in [3.63, 3.8) is 0 Å². The number of anilines is 3. The first-order valence-electron chi connectivity index (χ1n) is 18.7. The summed E-state index contributed by atoms with van der Waals surface area (Å²) in [6, 6.07) is 72.0. The smallest absolute Gasteiger partial charge is 0.159 e. The number of rotatable bonds is 6. The molecule has 0 radical (unpaired) electrons. The van der Waals surface area contributed by atoms with Crippen LogP contribution in [-0.2, 0) is 0 Å². The minimum absolute atomic E-state index is 0.859. The minimum atomic E-state index is 0.859. The summed E-state index contributed by atoms with van der Waals surface area (Å²) in [4.78, 5) is 2.36. The monoisotopic (exact) mass is 719 g/mol. The zero-order valence-electron chi connectivity index (χ0n) is 29.8. The Morgan fingerprint density at radius 1 is 0.364 bits per heavy atom. The maximum atomic E-state index is 7.03. The largest absolute Gasteiger partial charge is 0.453 e. The van der Waals surface area contributed by atoms with Gasteiger partial charge >= 0.3 is 0 Å². The SMILES string of the molecule is c1ccc(-c2ccc(N(c3ccc(-c4cccc5c4sc4ccccc45)cc3)c3cc(-c4ccccc4)cc4c3oc3c5ccccc5ccc43)cc2)cc1. The molecule has 2 heterocycles. The van der Waals surface area contributed by atoms with Gasteiger partial charge in [0.1, 0.15) is 5.58 Å². The molecule has 11 aromatic rings. The molecule has 0 atom stereocenters. The maximum absolute atomic E-state index is 7.03. The summed E-state index contributed by atoms with van der Waals surface area (Å²) in [7, 11) is 0. The van der Waals surface area contributed by atoms with Crippen LogP contribution in [0.1, 0.15) is 0 Å². The Morgan fingerprint density at radius 3 is 1.71 bits per heavy atom. The van der Waals surface area contributed by atoms with Gasteiger partial charge < -0.3 is 9.32 Å². The van der Waals surface area contributed by atoms with Crippen LogP contribution < -0.4 is 4.90 Å². The Kier molecular flexibility index (Phi) is 7.39. The molecule has 0 aliphatic rings. The molecule has 0 unspecified atom stereocenters. The number of nitrogens with zero attached hydrogens (tertiary/aromatic N) is 1. The summed E-state index contributed by atoms with van der Waals surface area (Å²) < 4.78 is 9.66. The van der Waals surface area contributed by atoms with Crippen molar-refractivity contribution in [3.05, 3.63) is 200 Å². The zero-order chi connectivity index (χ0) is 36.3. The van der Waals surface area contributed by atoms with Gasteiger partial charge in [-0.3, -0.25) is 0 Å². The van der Waals surface area contributed by atoms with Crippen LogP contribution in [0.4, 0.5) is 17.1 Å². The topological polar surface area (TPSA) is 16.4 Å². The van der Waals surface area contributed by atoms with E-state index in [4.69, 9.17) is 4.42 Å².